The molecule has 0 aliphatic heterocycles. The van der Waals surface area contributed by atoms with Crippen LogP contribution in [0.4, 0.5) is 0 Å². The third kappa shape index (κ3) is 1.30. The number of pyridine rings is 1. The van der Waals surface area contributed by atoms with E-state index in [0.29, 0.717) is 6.54 Å². The largest absolute Gasteiger partial charge is 0.392 e. The summed E-state index contributed by atoms with van der Waals surface area (Å²) in [6, 6.07) is 3.79. The molecule has 68 valence electrons. The van der Waals surface area contributed by atoms with Gasteiger partial charge in [0, 0.05) is 18.3 Å². The van der Waals surface area contributed by atoms with Crippen LogP contribution in [-0.4, -0.2) is 14.7 Å². The first-order valence-corrected chi connectivity index (χ1v) is 4.11. The molecule has 0 fully saturated rings. The Morgan fingerprint density at radius 2 is 2.31 bits per heavy atom. The summed E-state index contributed by atoms with van der Waals surface area (Å²) in [7, 11) is 0. The highest BCUT2D eigenvalue weighted by Gasteiger charge is 2.01. The second-order valence-corrected chi connectivity index (χ2v) is 2.90. The van der Waals surface area contributed by atoms with Gasteiger partial charge in [0.25, 0.3) is 0 Å². The number of aliphatic hydroxyl groups is 1. The molecule has 0 aromatic carbocycles. The summed E-state index contributed by atoms with van der Waals surface area (Å²) in [4.78, 5) is 0. The molecule has 0 saturated carbocycles. The molecule has 2 heterocycles. The van der Waals surface area contributed by atoms with Gasteiger partial charge >= 0.3 is 0 Å². The zero-order chi connectivity index (χ0) is 9.26. The minimum absolute atomic E-state index is 0.0355. The standard InChI is InChI=1S/C9H11N3O/c10-3-8-4-11-12-5-7(6-13)1-2-9(8)12/h1-2,4-5,13H,3,6,10H2. The molecule has 2 rings (SSSR count). The lowest BCUT2D eigenvalue weighted by Crippen LogP contribution is -1.96. The van der Waals surface area contributed by atoms with E-state index in [1.54, 1.807) is 16.9 Å². The molecule has 2 aromatic rings. The Kier molecular flexibility index (Phi) is 2.00. The summed E-state index contributed by atoms with van der Waals surface area (Å²) in [5.41, 5.74) is 8.39. The first kappa shape index (κ1) is 8.22. The van der Waals surface area contributed by atoms with Crippen LogP contribution in [0.15, 0.2) is 24.5 Å². The van der Waals surface area contributed by atoms with E-state index in [2.05, 4.69) is 5.10 Å². The highest BCUT2D eigenvalue weighted by atomic mass is 16.3. The number of fused-ring (bicyclic) bond motifs is 1. The molecular weight excluding hydrogens is 166 g/mol. The summed E-state index contributed by atoms with van der Waals surface area (Å²) in [5, 5.41) is 13.0. The van der Waals surface area contributed by atoms with Crippen LogP contribution in [0.1, 0.15) is 11.1 Å². The molecule has 0 atom stereocenters. The van der Waals surface area contributed by atoms with E-state index in [1.807, 2.05) is 12.1 Å². The predicted molar refractivity (Wildman–Crippen MR) is 49.0 cm³/mol. The van der Waals surface area contributed by atoms with Crippen LogP contribution in [0, 0.1) is 0 Å². The van der Waals surface area contributed by atoms with E-state index in [-0.39, 0.29) is 6.61 Å². The van der Waals surface area contributed by atoms with Crippen molar-refractivity contribution < 1.29 is 5.11 Å². The summed E-state index contributed by atoms with van der Waals surface area (Å²) in [5.74, 6) is 0. The van der Waals surface area contributed by atoms with E-state index in [1.165, 1.54) is 0 Å². The summed E-state index contributed by atoms with van der Waals surface area (Å²) < 4.78 is 1.73. The lowest BCUT2D eigenvalue weighted by molar-refractivity contribution is 0.281. The van der Waals surface area contributed by atoms with Crippen LogP contribution >= 0.6 is 0 Å². The lowest BCUT2D eigenvalue weighted by atomic mass is 10.2. The van der Waals surface area contributed by atoms with Crippen LogP contribution in [0.2, 0.25) is 0 Å². The van der Waals surface area contributed by atoms with Gasteiger partial charge in [-0.1, -0.05) is 6.07 Å². The molecule has 0 radical (unpaired) electrons. The van der Waals surface area contributed by atoms with Gasteiger partial charge in [0.05, 0.1) is 18.3 Å². The molecule has 13 heavy (non-hydrogen) atoms. The molecule has 4 nitrogen and oxygen atoms in total. The molecule has 2 aromatic heterocycles. The number of nitrogens with zero attached hydrogens (tertiary/aromatic N) is 2. The molecule has 0 aliphatic rings. The van der Waals surface area contributed by atoms with Crippen molar-refractivity contribution in [1.82, 2.24) is 9.61 Å². The fourth-order valence-corrected chi connectivity index (χ4v) is 1.33. The molecule has 4 heteroatoms. The molecule has 0 amide bonds. The van der Waals surface area contributed by atoms with Crippen LogP contribution in [0.25, 0.3) is 5.52 Å². The Morgan fingerprint density at radius 3 is 3.00 bits per heavy atom. The van der Waals surface area contributed by atoms with Crippen molar-refractivity contribution in [2.45, 2.75) is 13.2 Å². The minimum Gasteiger partial charge on any atom is -0.392 e. The van der Waals surface area contributed by atoms with Gasteiger partial charge in [0.15, 0.2) is 0 Å². The van der Waals surface area contributed by atoms with Crippen molar-refractivity contribution in [1.29, 1.82) is 0 Å². The Morgan fingerprint density at radius 1 is 1.46 bits per heavy atom. The monoisotopic (exact) mass is 177 g/mol. The predicted octanol–water partition coefficient (Wildman–Crippen LogP) is 0.285. The van der Waals surface area contributed by atoms with Gasteiger partial charge in [-0.05, 0) is 11.6 Å². The minimum atomic E-state index is 0.0355. The van der Waals surface area contributed by atoms with Gasteiger partial charge in [0.2, 0.25) is 0 Å². The Balaban J connectivity index is 2.61. The Labute approximate surface area is 75.6 Å². The van der Waals surface area contributed by atoms with Gasteiger partial charge in [-0.15, -0.1) is 0 Å². The maximum atomic E-state index is 8.90. The topological polar surface area (TPSA) is 63.5 Å². The third-order valence-corrected chi connectivity index (χ3v) is 2.06. The Bertz CT molecular complexity index is 422. The average Bonchev–Trinajstić information content (AvgIpc) is 2.59. The average molecular weight is 177 g/mol. The molecular formula is C9H11N3O. The van der Waals surface area contributed by atoms with Crippen molar-refractivity contribution in [3.63, 3.8) is 0 Å². The van der Waals surface area contributed by atoms with Crippen molar-refractivity contribution >= 4 is 5.52 Å². The number of rotatable bonds is 2. The normalized spacial score (nSPS) is 10.9. The number of nitrogens with two attached hydrogens (primary N) is 1. The smallest absolute Gasteiger partial charge is 0.0706 e. The second kappa shape index (κ2) is 3.16. The number of aromatic nitrogens is 2. The highest BCUT2D eigenvalue weighted by molar-refractivity contribution is 5.53. The van der Waals surface area contributed by atoms with Crippen LogP contribution < -0.4 is 5.73 Å². The van der Waals surface area contributed by atoms with Gasteiger partial charge in [-0.3, -0.25) is 0 Å². The molecule has 0 unspecified atom stereocenters. The third-order valence-electron chi connectivity index (χ3n) is 2.06. The SMILES string of the molecule is NCc1cnn2cc(CO)ccc12. The van der Waals surface area contributed by atoms with Crippen LogP contribution in [0.5, 0.6) is 0 Å². The van der Waals surface area contributed by atoms with Gasteiger partial charge in [-0.2, -0.15) is 5.10 Å². The maximum absolute atomic E-state index is 8.90. The van der Waals surface area contributed by atoms with Gasteiger partial charge in [0.1, 0.15) is 0 Å². The fraction of sp³-hybridized carbons (Fsp3) is 0.222. The summed E-state index contributed by atoms with van der Waals surface area (Å²) in [6.07, 6.45) is 3.55. The summed E-state index contributed by atoms with van der Waals surface area (Å²) in [6.45, 7) is 0.524. The van der Waals surface area contributed by atoms with E-state index in [9.17, 15) is 0 Å². The van der Waals surface area contributed by atoms with Crippen LogP contribution in [-0.2, 0) is 13.2 Å². The first-order chi connectivity index (χ1) is 6.35. The van der Waals surface area contributed by atoms with Gasteiger partial charge in [-0.25, -0.2) is 4.52 Å². The number of hydrogen-bond donors (Lipinski definition) is 2. The zero-order valence-corrected chi connectivity index (χ0v) is 7.14. The second-order valence-electron chi connectivity index (χ2n) is 2.90. The van der Waals surface area contributed by atoms with E-state index < -0.39 is 0 Å². The quantitative estimate of drug-likeness (QED) is 0.692. The van der Waals surface area contributed by atoms with E-state index in [0.717, 1.165) is 16.6 Å². The number of aliphatic hydroxyl groups excluding tert-OH is 1. The van der Waals surface area contributed by atoms with Crippen LogP contribution in [0.3, 0.4) is 0 Å². The fourth-order valence-electron chi connectivity index (χ4n) is 1.33. The van der Waals surface area contributed by atoms with Crippen molar-refractivity contribution in [2.75, 3.05) is 0 Å². The van der Waals surface area contributed by atoms with E-state index >= 15 is 0 Å². The van der Waals surface area contributed by atoms with E-state index in [4.69, 9.17) is 10.8 Å². The van der Waals surface area contributed by atoms with Crippen molar-refractivity contribution in [3.8, 4) is 0 Å². The highest BCUT2D eigenvalue weighted by Crippen LogP contribution is 2.10. The molecule has 0 aliphatic carbocycles. The molecule has 0 spiro atoms. The summed E-state index contributed by atoms with van der Waals surface area (Å²) >= 11 is 0. The molecule has 0 bridgehead atoms. The molecule has 3 N–H and O–H groups in total. The van der Waals surface area contributed by atoms with Crippen molar-refractivity contribution in [2.24, 2.45) is 5.73 Å². The Hall–Kier alpha value is -1.39. The molecule has 0 saturated heterocycles. The first-order valence-electron chi connectivity index (χ1n) is 4.11. The lowest BCUT2D eigenvalue weighted by Gasteiger charge is -1.98. The number of hydrogen-bond acceptors (Lipinski definition) is 3. The zero-order valence-electron chi connectivity index (χ0n) is 7.14. The maximum Gasteiger partial charge on any atom is 0.0706 e. The van der Waals surface area contributed by atoms with Crippen molar-refractivity contribution in [3.05, 3.63) is 35.7 Å². The van der Waals surface area contributed by atoms with Gasteiger partial charge < -0.3 is 10.8 Å².